The molecule has 0 saturated heterocycles. The molecule has 0 bridgehead atoms. The molecule has 3 atom stereocenters. The molecule has 122 valence electrons. The lowest BCUT2D eigenvalue weighted by molar-refractivity contribution is 0.249. The predicted octanol–water partition coefficient (Wildman–Crippen LogP) is 3.36. The number of hydrogen-bond donors (Lipinski definition) is 2. The van der Waals surface area contributed by atoms with Gasteiger partial charge in [0.15, 0.2) is 0 Å². The van der Waals surface area contributed by atoms with Crippen LogP contribution in [0, 0.1) is 5.82 Å². The lowest BCUT2D eigenvalue weighted by Crippen LogP contribution is -2.41. The van der Waals surface area contributed by atoms with Crippen molar-refractivity contribution in [3.63, 3.8) is 0 Å². The molecule has 0 aliphatic heterocycles. The molecule has 3 unspecified atom stereocenters. The van der Waals surface area contributed by atoms with Crippen LogP contribution in [0.5, 0.6) is 0 Å². The summed E-state index contributed by atoms with van der Waals surface area (Å²) in [5.41, 5.74) is 0.363. The highest BCUT2D eigenvalue weighted by molar-refractivity contribution is 7.99. The van der Waals surface area contributed by atoms with Gasteiger partial charge in [-0.1, -0.05) is 13.3 Å². The van der Waals surface area contributed by atoms with Crippen LogP contribution in [0.15, 0.2) is 23.1 Å². The maximum absolute atomic E-state index is 13.8. The van der Waals surface area contributed by atoms with Gasteiger partial charge in [0.1, 0.15) is 5.82 Å². The van der Waals surface area contributed by atoms with E-state index in [2.05, 4.69) is 17.6 Å². The Kier molecular flexibility index (Phi) is 6.26. The lowest BCUT2D eigenvalue weighted by atomic mass is 10.2. The molecule has 1 aliphatic carbocycles. The molecule has 1 aromatic rings. The number of halogens is 1. The molecule has 1 aliphatic rings. The van der Waals surface area contributed by atoms with Crippen LogP contribution in [0.3, 0.4) is 0 Å². The molecule has 2 amide bonds. The molecular weight excluding hydrogens is 323 g/mol. The molecule has 1 aromatic carbocycles. The monoisotopic (exact) mass is 344 g/mol. The third-order valence-corrected chi connectivity index (χ3v) is 5.93. The van der Waals surface area contributed by atoms with Gasteiger partial charge in [-0.2, -0.15) is 11.8 Å². The van der Waals surface area contributed by atoms with Gasteiger partial charge in [-0.25, -0.2) is 9.18 Å². The summed E-state index contributed by atoms with van der Waals surface area (Å²) in [7, 11) is -1.38. The predicted molar refractivity (Wildman–Crippen MR) is 90.4 cm³/mol. The number of hydrogen-bond acceptors (Lipinski definition) is 3. The van der Waals surface area contributed by atoms with Crippen LogP contribution in [0.1, 0.15) is 26.2 Å². The average molecular weight is 344 g/mol. The number of benzene rings is 1. The summed E-state index contributed by atoms with van der Waals surface area (Å²) < 4.78 is 25.0. The Morgan fingerprint density at radius 2 is 2.23 bits per heavy atom. The van der Waals surface area contributed by atoms with Crippen molar-refractivity contribution in [2.24, 2.45) is 0 Å². The molecular formula is C15H21FN2O2S2. The van der Waals surface area contributed by atoms with Gasteiger partial charge in [-0.15, -0.1) is 0 Å². The first kappa shape index (κ1) is 17.3. The number of nitrogens with one attached hydrogen (secondary N) is 2. The van der Waals surface area contributed by atoms with E-state index in [0.29, 0.717) is 10.9 Å². The number of anilines is 1. The van der Waals surface area contributed by atoms with Crippen LogP contribution in [0.4, 0.5) is 14.9 Å². The van der Waals surface area contributed by atoms with Gasteiger partial charge in [0.25, 0.3) is 0 Å². The van der Waals surface area contributed by atoms with Crippen molar-refractivity contribution in [3.05, 3.63) is 24.0 Å². The Balaban J connectivity index is 1.94. The number of urea groups is 1. The van der Waals surface area contributed by atoms with Gasteiger partial charge in [0.05, 0.1) is 15.7 Å². The molecule has 7 heteroatoms. The first-order chi connectivity index (χ1) is 10.5. The van der Waals surface area contributed by atoms with E-state index in [4.69, 9.17) is 0 Å². The lowest BCUT2D eigenvalue weighted by Gasteiger charge is -2.20. The molecule has 0 radical (unpaired) electrons. The van der Waals surface area contributed by atoms with Crippen LogP contribution in [0.2, 0.25) is 0 Å². The number of amides is 2. The highest BCUT2D eigenvalue weighted by Gasteiger charge is 2.28. The molecule has 2 N–H and O–H groups in total. The summed E-state index contributed by atoms with van der Waals surface area (Å²) in [4.78, 5) is 12.2. The minimum atomic E-state index is -1.38. The van der Waals surface area contributed by atoms with Crippen LogP contribution in [-0.4, -0.2) is 33.5 Å². The second-order valence-electron chi connectivity index (χ2n) is 5.23. The van der Waals surface area contributed by atoms with Crippen molar-refractivity contribution in [2.45, 2.75) is 42.4 Å². The van der Waals surface area contributed by atoms with E-state index in [-0.39, 0.29) is 17.0 Å². The summed E-state index contributed by atoms with van der Waals surface area (Å²) in [6.45, 7) is 2.11. The quantitative estimate of drug-likeness (QED) is 0.861. The molecule has 0 aromatic heterocycles. The third-order valence-electron chi connectivity index (χ3n) is 3.65. The van der Waals surface area contributed by atoms with Crippen LogP contribution < -0.4 is 10.6 Å². The summed E-state index contributed by atoms with van der Waals surface area (Å²) in [6.07, 6.45) is 4.64. The second-order valence-corrected chi connectivity index (χ2v) is 8.09. The Bertz CT molecular complexity index is 568. The molecule has 2 rings (SSSR count). The van der Waals surface area contributed by atoms with Gasteiger partial charge >= 0.3 is 6.03 Å². The minimum absolute atomic E-state index is 0.140. The standard InChI is InChI=1S/C15H21FN2O2S2/c1-3-21-13-6-4-5-12(13)18-15(19)17-10-7-8-14(22(2)20)11(16)9-10/h7-9,12-13H,3-6H2,1-2H3,(H2,17,18,19). The van der Waals surface area contributed by atoms with E-state index in [0.717, 1.165) is 25.0 Å². The highest BCUT2D eigenvalue weighted by Crippen LogP contribution is 2.29. The van der Waals surface area contributed by atoms with Crippen molar-refractivity contribution in [1.29, 1.82) is 0 Å². The largest absolute Gasteiger partial charge is 0.334 e. The summed E-state index contributed by atoms with van der Waals surface area (Å²) in [5.74, 6) is 0.463. The Morgan fingerprint density at radius 3 is 2.86 bits per heavy atom. The van der Waals surface area contributed by atoms with Gasteiger partial charge in [0, 0.05) is 23.2 Å². The van der Waals surface area contributed by atoms with Crippen molar-refractivity contribution in [1.82, 2.24) is 5.32 Å². The van der Waals surface area contributed by atoms with Crippen LogP contribution in [0.25, 0.3) is 0 Å². The summed E-state index contributed by atoms with van der Waals surface area (Å²) in [6, 6.07) is 4.04. The Morgan fingerprint density at radius 1 is 1.45 bits per heavy atom. The normalized spacial score (nSPS) is 22.3. The number of carbonyl (C=O) groups is 1. The molecule has 4 nitrogen and oxygen atoms in total. The minimum Gasteiger partial charge on any atom is -0.334 e. The maximum atomic E-state index is 13.8. The van der Waals surface area contributed by atoms with E-state index >= 15 is 0 Å². The fourth-order valence-electron chi connectivity index (χ4n) is 2.65. The molecule has 1 fully saturated rings. The van der Waals surface area contributed by atoms with Gasteiger partial charge in [-0.05, 0) is 36.8 Å². The fraction of sp³-hybridized carbons (Fsp3) is 0.533. The van der Waals surface area contributed by atoms with E-state index in [1.165, 1.54) is 18.4 Å². The van der Waals surface area contributed by atoms with E-state index in [1.54, 1.807) is 6.07 Å². The summed E-state index contributed by atoms with van der Waals surface area (Å²) >= 11 is 1.87. The van der Waals surface area contributed by atoms with Gasteiger partial charge < -0.3 is 10.6 Å². The first-order valence-electron chi connectivity index (χ1n) is 7.33. The van der Waals surface area contributed by atoms with E-state index < -0.39 is 16.6 Å². The molecule has 1 saturated carbocycles. The second kappa shape index (κ2) is 7.97. The topological polar surface area (TPSA) is 58.2 Å². The first-order valence-corrected chi connectivity index (χ1v) is 9.94. The maximum Gasteiger partial charge on any atom is 0.319 e. The van der Waals surface area contributed by atoms with E-state index in [1.807, 2.05) is 11.8 Å². The Hall–Kier alpha value is -1.08. The molecule has 0 spiro atoms. The Labute approximate surface area is 137 Å². The van der Waals surface area contributed by atoms with Gasteiger partial charge in [0.2, 0.25) is 0 Å². The average Bonchev–Trinajstić information content (AvgIpc) is 2.86. The number of thioether (sulfide) groups is 1. The zero-order valence-electron chi connectivity index (χ0n) is 12.7. The molecule has 0 heterocycles. The van der Waals surface area contributed by atoms with Crippen molar-refractivity contribution in [2.75, 3.05) is 17.3 Å². The number of carbonyl (C=O) groups excluding carboxylic acids is 1. The van der Waals surface area contributed by atoms with Crippen molar-refractivity contribution in [3.8, 4) is 0 Å². The van der Waals surface area contributed by atoms with E-state index in [9.17, 15) is 13.4 Å². The third kappa shape index (κ3) is 4.46. The number of rotatable bonds is 5. The smallest absolute Gasteiger partial charge is 0.319 e. The zero-order valence-corrected chi connectivity index (χ0v) is 14.4. The fourth-order valence-corrected chi connectivity index (χ4v) is 4.44. The van der Waals surface area contributed by atoms with Crippen LogP contribution in [-0.2, 0) is 10.8 Å². The zero-order chi connectivity index (χ0) is 16.1. The van der Waals surface area contributed by atoms with Crippen molar-refractivity contribution < 1.29 is 13.4 Å². The van der Waals surface area contributed by atoms with Crippen LogP contribution >= 0.6 is 11.8 Å². The summed E-state index contributed by atoms with van der Waals surface area (Å²) in [5, 5.41) is 6.06. The van der Waals surface area contributed by atoms with Gasteiger partial charge in [-0.3, -0.25) is 4.21 Å². The highest BCUT2D eigenvalue weighted by atomic mass is 32.2. The van der Waals surface area contributed by atoms with Crippen molar-refractivity contribution >= 4 is 34.3 Å². The molecule has 22 heavy (non-hydrogen) atoms. The SMILES string of the molecule is CCSC1CCCC1NC(=O)Nc1ccc(S(C)=O)c(F)c1.